The molecule has 1 aromatic rings. The third-order valence-corrected chi connectivity index (χ3v) is 5.42. The van der Waals surface area contributed by atoms with E-state index in [2.05, 4.69) is 5.32 Å². The molecule has 1 aromatic carbocycles. The second-order valence-electron chi connectivity index (χ2n) is 4.61. The van der Waals surface area contributed by atoms with E-state index in [1.165, 1.54) is 17.4 Å². The average molecular weight is 321 g/mol. The molecule has 1 unspecified atom stereocenters. The summed E-state index contributed by atoms with van der Waals surface area (Å²) in [5.74, 6) is 0. The molecule has 0 amide bonds. The zero-order chi connectivity index (χ0) is 15.3. The van der Waals surface area contributed by atoms with Crippen LogP contribution < -0.4 is 5.32 Å². The summed E-state index contributed by atoms with van der Waals surface area (Å²) < 4.78 is 31.2. The monoisotopic (exact) mass is 320 g/mol. The van der Waals surface area contributed by atoms with E-state index in [1.807, 2.05) is 0 Å². The lowest BCUT2D eigenvalue weighted by molar-refractivity contribution is 0.149. The van der Waals surface area contributed by atoms with Gasteiger partial charge in [0.15, 0.2) is 0 Å². The first-order valence-electron chi connectivity index (χ1n) is 6.24. The van der Waals surface area contributed by atoms with Gasteiger partial charge in [0.05, 0.1) is 11.5 Å². The van der Waals surface area contributed by atoms with Crippen LogP contribution in [0.25, 0.3) is 0 Å². The van der Waals surface area contributed by atoms with E-state index in [9.17, 15) is 8.42 Å². The highest BCUT2D eigenvalue weighted by Crippen LogP contribution is 2.23. The Labute approximate surface area is 125 Å². The maximum atomic E-state index is 12.5. The van der Waals surface area contributed by atoms with Crippen LogP contribution in [0.3, 0.4) is 0 Å². The highest BCUT2D eigenvalue weighted by Gasteiger charge is 2.25. The average Bonchev–Trinajstić information content (AvgIpc) is 2.40. The fourth-order valence-electron chi connectivity index (χ4n) is 1.77. The van der Waals surface area contributed by atoms with Crippen molar-refractivity contribution in [2.45, 2.75) is 24.4 Å². The summed E-state index contributed by atoms with van der Waals surface area (Å²) in [4.78, 5) is 0.188. The molecule has 0 spiro atoms. The molecule has 0 aliphatic heterocycles. The highest BCUT2D eigenvalue weighted by atomic mass is 35.5. The van der Waals surface area contributed by atoms with Gasteiger partial charge in [-0.25, -0.2) is 8.42 Å². The SMILES string of the molecule is CNCc1ccc(S(=O)(=O)N(C)C(C)COC)cc1Cl. The molecule has 7 heteroatoms. The Hall–Kier alpha value is -0.660. The number of benzene rings is 1. The second-order valence-corrected chi connectivity index (χ2v) is 7.01. The lowest BCUT2D eigenvalue weighted by Gasteiger charge is -2.24. The van der Waals surface area contributed by atoms with Crippen LogP contribution >= 0.6 is 11.6 Å². The van der Waals surface area contributed by atoms with Crippen LogP contribution in [0.4, 0.5) is 0 Å². The van der Waals surface area contributed by atoms with Gasteiger partial charge in [0.1, 0.15) is 0 Å². The molecule has 0 saturated carbocycles. The van der Waals surface area contributed by atoms with Gasteiger partial charge in [-0.15, -0.1) is 0 Å². The number of likely N-dealkylation sites (N-methyl/N-ethyl adjacent to an activating group) is 1. The van der Waals surface area contributed by atoms with Gasteiger partial charge in [-0.05, 0) is 31.7 Å². The van der Waals surface area contributed by atoms with Crippen molar-refractivity contribution >= 4 is 21.6 Å². The first-order valence-corrected chi connectivity index (χ1v) is 8.06. The van der Waals surface area contributed by atoms with Crippen LogP contribution in [0.2, 0.25) is 5.02 Å². The van der Waals surface area contributed by atoms with Crippen molar-refractivity contribution in [3.63, 3.8) is 0 Å². The number of ether oxygens (including phenoxy) is 1. The molecule has 1 atom stereocenters. The van der Waals surface area contributed by atoms with Gasteiger partial charge < -0.3 is 10.1 Å². The standard InChI is InChI=1S/C13H21ClN2O3S/c1-10(9-19-4)16(3)20(17,18)12-6-5-11(8-15-2)13(14)7-12/h5-7,10,15H,8-9H2,1-4H3. The number of methoxy groups -OCH3 is 1. The van der Waals surface area contributed by atoms with Crippen LogP contribution in [0.1, 0.15) is 12.5 Å². The molecule has 0 fully saturated rings. The molecule has 0 aromatic heterocycles. The van der Waals surface area contributed by atoms with Gasteiger partial charge in [-0.2, -0.15) is 4.31 Å². The molecule has 0 saturated heterocycles. The van der Waals surface area contributed by atoms with Crippen molar-refractivity contribution in [2.75, 3.05) is 27.8 Å². The minimum absolute atomic E-state index is 0.188. The molecule has 5 nitrogen and oxygen atoms in total. The van der Waals surface area contributed by atoms with E-state index in [4.69, 9.17) is 16.3 Å². The molecule has 0 radical (unpaired) electrons. The maximum Gasteiger partial charge on any atom is 0.243 e. The van der Waals surface area contributed by atoms with E-state index in [1.54, 1.807) is 33.2 Å². The number of halogens is 1. The van der Waals surface area contributed by atoms with Crippen LogP contribution in [0, 0.1) is 0 Å². The Kier molecular flexibility index (Phi) is 6.42. The first kappa shape index (κ1) is 17.4. The zero-order valence-electron chi connectivity index (χ0n) is 12.2. The minimum atomic E-state index is -3.57. The quantitative estimate of drug-likeness (QED) is 0.831. The lowest BCUT2D eigenvalue weighted by Crippen LogP contribution is -2.37. The summed E-state index contributed by atoms with van der Waals surface area (Å²) in [7, 11) is 1.32. The van der Waals surface area contributed by atoms with Crippen molar-refractivity contribution in [1.29, 1.82) is 0 Å². The fourth-order valence-corrected chi connectivity index (χ4v) is 3.46. The normalized spacial score (nSPS) is 13.7. The number of rotatable bonds is 7. The summed E-state index contributed by atoms with van der Waals surface area (Å²) in [6, 6.07) is 4.53. The molecule has 20 heavy (non-hydrogen) atoms. The molecule has 0 aliphatic carbocycles. The van der Waals surface area contributed by atoms with Crippen molar-refractivity contribution in [1.82, 2.24) is 9.62 Å². The molecule has 1 N–H and O–H groups in total. The Morgan fingerprint density at radius 1 is 1.45 bits per heavy atom. The summed E-state index contributed by atoms with van der Waals surface area (Å²) in [6.45, 7) is 2.72. The summed E-state index contributed by atoms with van der Waals surface area (Å²) in [5.41, 5.74) is 0.862. The fraction of sp³-hybridized carbons (Fsp3) is 0.538. The van der Waals surface area contributed by atoms with Crippen molar-refractivity contribution in [3.8, 4) is 0 Å². The van der Waals surface area contributed by atoms with Gasteiger partial charge in [0, 0.05) is 31.8 Å². The number of nitrogens with one attached hydrogen (secondary N) is 1. The number of hydrogen-bond acceptors (Lipinski definition) is 4. The molecule has 0 bridgehead atoms. The predicted octanol–water partition coefficient (Wildman–Crippen LogP) is 1.71. The van der Waals surface area contributed by atoms with E-state index in [-0.39, 0.29) is 10.9 Å². The maximum absolute atomic E-state index is 12.5. The summed E-state index contributed by atoms with van der Waals surface area (Å²) >= 11 is 6.11. The van der Waals surface area contributed by atoms with E-state index in [0.29, 0.717) is 18.2 Å². The number of hydrogen-bond donors (Lipinski definition) is 1. The molecule has 114 valence electrons. The van der Waals surface area contributed by atoms with Crippen LogP contribution in [-0.4, -0.2) is 46.6 Å². The van der Waals surface area contributed by atoms with Crippen LogP contribution in [0.15, 0.2) is 23.1 Å². The molecule has 1 rings (SSSR count). The number of nitrogens with zero attached hydrogens (tertiary/aromatic N) is 1. The minimum Gasteiger partial charge on any atom is -0.383 e. The molecule has 0 heterocycles. The van der Waals surface area contributed by atoms with Crippen molar-refractivity contribution < 1.29 is 13.2 Å². The summed E-state index contributed by atoms with van der Waals surface area (Å²) in [5, 5.41) is 3.42. The second kappa shape index (κ2) is 7.38. The Morgan fingerprint density at radius 2 is 2.10 bits per heavy atom. The Balaban J connectivity index is 3.07. The predicted molar refractivity (Wildman–Crippen MR) is 80.5 cm³/mol. The molecular formula is C13H21ClN2O3S. The third kappa shape index (κ3) is 3.93. The molecular weight excluding hydrogens is 300 g/mol. The van der Waals surface area contributed by atoms with Gasteiger partial charge in [0.25, 0.3) is 0 Å². The van der Waals surface area contributed by atoms with Gasteiger partial charge in [-0.3, -0.25) is 0 Å². The van der Waals surface area contributed by atoms with Gasteiger partial charge >= 0.3 is 0 Å². The van der Waals surface area contributed by atoms with Crippen LogP contribution in [0.5, 0.6) is 0 Å². The topological polar surface area (TPSA) is 58.6 Å². The van der Waals surface area contributed by atoms with E-state index < -0.39 is 10.0 Å². The van der Waals surface area contributed by atoms with Gasteiger partial charge in [-0.1, -0.05) is 17.7 Å². The van der Waals surface area contributed by atoms with E-state index in [0.717, 1.165) is 5.56 Å². The van der Waals surface area contributed by atoms with Crippen molar-refractivity contribution in [3.05, 3.63) is 28.8 Å². The summed E-state index contributed by atoms with van der Waals surface area (Å²) in [6.07, 6.45) is 0. The lowest BCUT2D eigenvalue weighted by atomic mass is 10.2. The third-order valence-electron chi connectivity index (χ3n) is 3.10. The highest BCUT2D eigenvalue weighted by molar-refractivity contribution is 7.89. The van der Waals surface area contributed by atoms with E-state index >= 15 is 0 Å². The zero-order valence-corrected chi connectivity index (χ0v) is 13.8. The van der Waals surface area contributed by atoms with Gasteiger partial charge in [0.2, 0.25) is 10.0 Å². The first-order chi connectivity index (χ1) is 9.34. The smallest absolute Gasteiger partial charge is 0.243 e. The number of sulfonamides is 1. The Morgan fingerprint density at radius 3 is 2.60 bits per heavy atom. The largest absolute Gasteiger partial charge is 0.383 e. The molecule has 0 aliphatic rings. The van der Waals surface area contributed by atoms with Crippen molar-refractivity contribution in [2.24, 2.45) is 0 Å². The van der Waals surface area contributed by atoms with Crippen LogP contribution in [-0.2, 0) is 21.3 Å². The Bertz CT molecular complexity index is 549.